The van der Waals surface area contributed by atoms with Gasteiger partial charge in [0.15, 0.2) is 0 Å². The van der Waals surface area contributed by atoms with Crippen LogP contribution in [0.3, 0.4) is 0 Å². The van der Waals surface area contributed by atoms with E-state index in [-0.39, 0.29) is 16.2 Å². The molecule has 0 fully saturated rings. The minimum atomic E-state index is -4.43. The quantitative estimate of drug-likeness (QED) is 0.559. The third kappa shape index (κ3) is 7.30. The van der Waals surface area contributed by atoms with Gasteiger partial charge in [-0.05, 0) is 60.0 Å². The number of nitrogens with one attached hydrogen (secondary N) is 1. The van der Waals surface area contributed by atoms with E-state index >= 15 is 0 Å². The molecule has 9 heteroatoms. The van der Waals surface area contributed by atoms with Crippen LogP contribution in [0.25, 0.3) is 0 Å². The smallest absolute Gasteiger partial charge is 0.412 e. The van der Waals surface area contributed by atoms with Gasteiger partial charge < -0.3 is 10.2 Å². The summed E-state index contributed by atoms with van der Waals surface area (Å²) in [5.74, 6) is 0.105. The third-order valence-corrected chi connectivity index (χ3v) is 5.50. The molecule has 0 saturated heterocycles. The fourth-order valence-corrected chi connectivity index (χ4v) is 3.62. The molecule has 3 aromatic rings. The molecule has 0 aliphatic rings. The summed E-state index contributed by atoms with van der Waals surface area (Å²) in [7, 11) is -1.70. The maximum Gasteiger partial charge on any atom is 0.416 e. The van der Waals surface area contributed by atoms with Crippen LogP contribution in [0.1, 0.15) is 23.1 Å². The molecule has 0 saturated carbocycles. The highest BCUT2D eigenvalue weighted by Gasteiger charge is 2.30. The maximum atomic E-state index is 12.6. The summed E-state index contributed by atoms with van der Waals surface area (Å²) in [6, 6.07) is 14.8. The van der Waals surface area contributed by atoms with E-state index < -0.39 is 22.7 Å². The van der Waals surface area contributed by atoms with Crippen molar-refractivity contribution in [2.24, 2.45) is 0 Å². The Kier molecular flexibility index (Phi) is 8.47. The Bertz CT molecular complexity index is 1010. The van der Waals surface area contributed by atoms with Crippen LogP contribution in [0.4, 0.5) is 18.9 Å². The zero-order valence-corrected chi connectivity index (χ0v) is 17.2. The minimum absolute atomic E-state index is 0. The van der Waals surface area contributed by atoms with Gasteiger partial charge in [-0.15, -0.1) is 0 Å². The molecule has 0 bridgehead atoms. The number of halogens is 3. The summed E-state index contributed by atoms with van der Waals surface area (Å²) in [4.78, 5) is 16.4. The lowest BCUT2D eigenvalue weighted by Crippen LogP contribution is -2.08. The second-order valence-corrected chi connectivity index (χ2v) is 7.88. The SMILES string of the molecule is O.O=C(CCc1cccnc1)Cc1ccc(NS(=O)c2ccc(C(F)(F)F)cc2)cc1. The van der Waals surface area contributed by atoms with Crippen LogP contribution in [0.15, 0.2) is 78.0 Å². The summed E-state index contributed by atoms with van der Waals surface area (Å²) in [5, 5.41) is 0. The van der Waals surface area contributed by atoms with Crippen LogP contribution >= 0.6 is 0 Å². The van der Waals surface area contributed by atoms with E-state index in [0.29, 0.717) is 24.9 Å². The number of anilines is 1. The number of Topliss-reactive ketones (excluding diaryl/α,β-unsaturated/α-hetero) is 1. The van der Waals surface area contributed by atoms with Crippen molar-refractivity contribution in [3.05, 3.63) is 89.7 Å². The van der Waals surface area contributed by atoms with Crippen LogP contribution in [0.2, 0.25) is 0 Å². The van der Waals surface area contributed by atoms with Crippen molar-refractivity contribution in [2.45, 2.75) is 30.3 Å². The first-order valence-electron chi connectivity index (χ1n) is 9.16. The molecule has 1 aromatic heterocycles. The third-order valence-electron chi connectivity index (χ3n) is 4.38. The van der Waals surface area contributed by atoms with Gasteiger partial charge in [-0.1, -0.05) is 18.2 Å². The first kappa shape index (κ1) is 24.2. The number of carbonyl (C=O) groups is 1. The van der Waals surface area contributed by atoms with Crippen LogP contribution in [0, 0.1) is 0 Å². The molecule has 1 atom stereocenters. The number of aryl methyl sites for hydroxylation is 1. The van der Waals surface area contributed by atoms with Crippen molar-refractivity contribution >= 4 is 22.5 Å². The predicted octanol–water partition coefficient (Wildman–Crippen LogP) is 4.15. The first-order chi connectivity index (χ1) is 14.3. The lowest BCUT2D eigenvalue weighted by molar-refractivity contribution is -0.137. The largest absolute Gasteiger partial charge is 0.416 e. The molecule has 164 valence electrons. The molecule has 0 aliphatic heterocycles. The Labute approximate surface area is 180 Å². The lowest BCUT2D eigenvalue weighted by atomic mass is 10.0. The molecule has 0 amide bonds. The predicted molar refractivity (Wildman–Crippen MR) is 113 cm³/mol. The highest BCUT2D eigenvalue weighted by Crippen LogP contribution is 2.29. The topological polar surface area (TPSA) is 90.6 Å². The fourth-order valence-electron chi connectivity index (χ4n) is 2.77. The Hall–Kier alpha value is -3.04. The number of rotatable bonds is 8. The van der Waals surface area contributed by atoms with Crippen molar-refractivity contribution in [3.63, 3.8) is 0 Å². The Morgan fingerprint density at radius 2 is 1.65 bits per heavy atom. The Balaban J connectivity index is 0.00000341. The zero-order valence-electron chi connectivity index (χ0n) is 16.4. The average Bonchev–Trinajstić information content (AvgIpc) is 2.74. The van der Waals surface area contributed by atoms with E-state index in [1.54, 1.807) is 36.7 Å². The Morgan fingerprint density at radius 3 is 2.23 bits per heavy atom. The van der Waals surface area contributed by atoms with E-state index in [1.165, 1.54) is 12.1 Å². The Morgan fingerprint density at radius 1 is 0.968 bits per heavy atom. The number of hydrogen-bond donors (Lipinski definition) is 1. The van der Waals surface area contributed by atoms with Crippen LogP contribution < -0.4 is 4.72 Å². The van der Waals surface area contributed by atoms with Crippen molar-refractivity contribution in [1.29, 1.82) is 0 Å². The van der Waals surface area contributed by atoms with Gasteiger partial charge in [-0.2, -0.15) is 13.2 Å². The average molecular weight is 450 g/mol. The van der Waals surface area contributed by atoms with Gasteiger partial charge in [0, 0.05) is 30.9 Å². The molecule has 3 N–H and O–H groups in total. The van der Waals surface area contributed by atoms with Crippen LogP contribution in [0.5, 0.6) is 0 Å². The van der Waals surface area contributed by atoms with Gasteiger partial charge in [0.25, 0.3) is 0 Å². The standard InChI is InChI=1S/C22H19F3N2O2S.H2O/c23-22(24,25)18-6-11-21(12-7-18)30(29)27-19-8-3-16(4-9-19)14-20(28)10-5-17-2-1-13-26-15-17;/h1-4,6-9,11-13,15,27H,5,10,14H2;1H2. The molecule has 31 heavy (non-hydrogen) atoms. The molecule has 0 spiro atoms. The first-order valence-corrected chi connectivity index (χ1v) is 10.3. The number of ketones is 1. The normalized spacial score (nSPS) is 12.0. The molecule has 3 rings (SSSR count). The van der Waals surface area contributed by atoms with Gasteiger partial charge >= 0.3 is 6.18 Å². The number of aromatic nitrogens is 1. The van der Waals surface area contributed by atoms with Crippen molar-refractivity contribution in [2.75, 3.05) is 4.72 Å². The van der Waals surface area contributed by atoms with Crippen LogP contribution in [-0.2, 0) is 34.8 Å². The van der Waals surface area contributed by atoms with Crippen molar-refractivity contribution < 1.29 is 27.7 Å². The van der Waals surface area contributed by atoms with Crippen LogP contribution in [-0.4, -0.2) is 20.5 Å². The number of nitrogens with zero attached hydrogens (tertiary/aromatic N) is 1. The van der Waals surface area contributed by atoms with E-state index in [1.807, 2.05) is 12.1 Å². The summed E-state index contributed by atoms with van der Waals surface area (Å²) in [6.07, 6.45) is 0.347. The van der Waals surface area contributed by atoms with Crippen molar-refractivity contribution in [1.82, 2.24) is 4.98 Å². The molecular formula is C22H21F3N2O3S. The highest BCUT2D eigenvalue weighted by molar-refractivity contribution is 7.86. The maximum absolute atomic E-state index is 12.6. The monoisotopic (exact) mass is 450 g/mol. The summed E-state index contributed by atoms with van der Waals surface area (Å²) >= 11 is 0. The molecule has 5 nitrogen and oxygen atoms in total. The number of hydrogen-bond acceptors (Lipinski definition) is 3. The van der Waals surface area contributed by atoms with Gasteiger partial charge in [0.05, 0.1) is 10.5 Å². The van der Waals surface area contributed by atoms with Gasteiger partial charge in [0.2, 0.25) is 0 Å². The van der Waals surface area contributed by atoms with Gasteiger partial charge in [-0.3, -0.25) is 9.78 Å². The van der Waals surface area contributed by atoms with Gasteiger partial charge in [0.1, 0.15) is 16.8 Å². The second kappa shape index (κ2) is 10.8. The summed E-state index contributed by atoms with van der Waals surface area (Å²) in [6.45, 7) is 0. The molecule has 0 radical (unpaired) electrons. The number of alkyl halides is 3. The zero-order chi connectivity index (χ0) is 21.6. The summed E-state index contributed by atoms with van der Waals surface area (Å²) < 4.78 is 52.9. The fraction of sp³-hybridized carbons (Fsp3) is 0.182. The van der Waals surface area contributed by atoms with E-state index in [2.05, 4.69) is 9.71 Å². The van der Waals surface area contributed by atoms with E-state index in [0.717, 1.165) is 23.3 Å². The molecular weight excluding hydrogens is 429 g/mol. The van der Waals surface area contributed by atoms with Crippen molar-refractivity contribution in [3.8, 4) is 0 Å². The molecule has 1 heterocycles. The summed E-state index contributed by atoms with van der Waals surface area (Å²) in [5.41, 5.74) is 1.59. The number of pyridine rings is 1. The lowest BCUT2D eigenvalue weighted by Gasteiger charge is -2.09. The minimum Gasteiger partial charge on any atom is -0.412 e. The molecule has 1 unspecified atom stereocenters. The molecule has 0 aliphatic carbocycles. The molecule has 2 aromatic carbocycles. The van der Waals surface area contributed by atoms with Gasteiger partial charge in [-0.25, -0.2) is 4.21 Å². The number of carbonyl (C=O) groups excluding carboxylic acids is 1. The van der Waals surface area contributed by atoms with E-state index in [4.69, 9.17) is 0 Å². The van der Waals surface area contributed by atoms with E-state index in [9.17, 15) is 22.2 Å². The second-order valence-electron chi connectivity index (χ2n) is 6.67. The number of benzene rings is 2. The highest BCUT2D eigenvalue weighted by atomic mass is 32.2.